The Kier molecular flexibility index (Phi) is 3.53. The molecular weight excluding hydrogens is 312 g/mol. The molecule has 3 nitrogen and oxygen atoms in total. The van der Waals surface area contributed by atoms with Gasteiger partial charge in [0.05, 0.1) is 0 Å². The Morgan fingerprint density at radius 3 is 2.00 bits per heavy atom. The molecule has 25 heavy (non-hydrogen) atoms. The summed E-state index contributed by atoms with van der Waals surface area (Å²) in [6, 6.07) is 16.4. The maximum atomic E-state index is 13.4. The smallest absolute Gasteiger partial charge is 0.178 e. The van der Waals surface area contributed by atoms with Crippen molar-refractivity contribution in [2.75, 3.05) is 0 Å². The number of benzene rings is 2. The third kappa shape index (κ3) is 1.95. The number of aldehydes is 1. The number of hydrogen-bond acceptors (Lipinski definition) is 3. The van der Waals surface area contributed by atoms with Crippen LogP contribution in [0.1, 0.15) is 38.6 Å². The summed E-state index contributed by atoms with van der Waals surface area (Å²) in [5.74, 6) is -1.38. The van der Waals surface area contributed by atoms with Crippen LogP contribution in [-0.2, 0) is 4.79 Å². The van der Waals surface area contributed by atoms with Crippen molar-refractivity contribution in [1.82, 2.24) is 0 Å². The summed E-state index contributed by atoms with van der Waals surface area (Å²) in [6.45, 7) is 3.84. The zero-order valence-electron chi connectivity index (χ0n) is 13.7. The first-order valence-electron chi connectivity index (χ1n) is 8.46. The van der Waals surface area contributed by atoms with Crippen molar-refractivity contribution in [3.05, 3.63) is 83.9 Å². The van der Waals surface area contributed by atoms with Gasteiger partial charge in [-0.3, -0.25) is 9.59 Å². The molecule has 2 aromatic carbocycles. The van der Waals surface area contributed by atoms with Crippen molar-refractivity contribution < 1.29 is 14.4 Å². The highest BCUT2D eigenvalue weighted by atomic mass is 16.2. The summed E-state index contributed by atoms with van der Waals surface area (Å²) in [7, 11) is 0. The van der Waals surface area contributed by atoms with Gasteiger partial charge in [0.15, 0.2) is 11.6 Å². The first-order valence-corrected chi connectivity index (χ1v) is 8.46. The van der Waals surface area contributed by atoms with Crippen LogP contribution in [0, 0.1) is 17.3 Å². The van der Waals surface area contributed by atoms with E-state index >= 15 is 0 Å². The largest absolute Gasteiger partial charge is 0.303 e. The van der Waals surface area contributed by atoms with Crippen molar-refractivity contribution in [3.63, 3.8) is 0 Å². The van der Waals surface area contributed by atoms with Crippen LogP contribution in [-0.4, -0.2) is 17.9 Å². The van der Waals surface area contributed by atoms with Crippen LogP contribution in [0.25, 0.3) is 0 Å². The summed E-state index contributed by atoms with van der Waals surface area (Å²) in [5, 5.41) is 0. The molecule has 2 aliphatic rings. The number of fused-ring (bicyclic) bond motifs is 1. The van der Waals surface area contributed by atoms with Gasteiger partial charge in [-0.2, -0.15) is 0 Å². The number of Topliss-reactive ketones (excluding diaryl/α,β-unsaturated/α-hetero) is 2. The third-order valence-corrected chi connectivity index (χ3v) is 5.81. The second kappa shape index (κ2) is 5.62. The normalized spacial score (nSPS) is 26.6. The molecule has 1 saturated carbocycles. The van der Waals surface area contributed by atoms with Crippen LogP contribution in [0.5, 0.6) is 0 Å². The minimum Gasteiger partial charge on any atom is -0.303 e. The lowest BCUT2D eigenvalue weighted by molar-refractivity contribution is -0.112. The van der Waals surface area contributed by atoms with Gasteiger partial charge in [0.25, 0.3) is 0 Å². The van der Waals surface area contributed by atoms with Crippen molar-refractivity contribution in [2.45, 2.75) is 12.3 Å². The molecule has 0 N–H and O–H groups in total. The Bertz CT molecular complexity index is 846. The van der Waals surface area contributed by atoms with Crippen LogP contribution in [0.2, 0.25) is 0 Å². The van der Waals surface area contributed by atoms with E-state index in [2.05, 4.69) is 6.58 Å². The Morgan fingerprint density at radius 2 is 1.48 bits per heavy atom. The number of carbonyl (C=O) groups excluding carboxylic acids is 3. The minimum absolute atomic E-state index is 0.154. The van der Waals surface area contributed by atoms with E-state index in [0.717, 1.165) is 11.8 Å². The van der Waals surface area contributed by atoms with Gasteiger partial charge < -0.3 is 4.79 Å². The number of ketones is 2. The predicted octanol–water partition coefficient (Wildman–Crippen LogP) is 3.86. The number of rotatable bonds is 3. The first-order chi connectivity index (χ1) is 12.1. The summed E-state index contributed by atoms with van der Waals surface area (Å²) < 4.78 is 0. The highest BCUT2D eigenvalue weighted by Crippen LogP contribution is 2.60. The molecule has 1 fully saturated rings. The van der Waals surface area contributed by atoms with Gasteiger partial charge >= 0.3 is 0 Å². The Labute approximate surface area is 146 Å². The second-order valence-corrected chi connectivity index (χ2v) is 6.88. The fourth-order valence-corrected chi connectivity index (χ4v) is 4.73. The highest BCUT2D eigenvalue weighted by molar-refractivity contribution is 6.30. The van der Waals surface area contributed by atoms with Gasteiger partial charge in [-0.1, -0.05) is 60.7 Å². The molecule has 2 aliphatic carbocycles. The van der Waals surface area contributed by atoms with Crippen molar-refractivity contribution in [2.24, 2.45) is 17.3 Å². The SMILES string of the molecule is C=C[C@H]1CC2(C(=O)c3ccccc3C2=O)[C@H](c2ccccc2)[C@H]1C=O. The average Bonchev–Trinajstić information content (AvgIpc) is 3.12. The van der Waals surface area contributed by atoms with E-state index in [1.165, 1.54) is 0 Å². The van der Waals surface area contributed by atoms with E-state index in [-0.39, 0.29) is 17.5 Å². The molecule has 0 saturated heterocycles. The fraction of sp³-hybridized carbons (Fsp3) is 0.227. The molecule has 2 aromatic rings. The molecule has 0 bridgehead atoms. The summed E-state index contributed by atoms with van der Waals surface area (Å²) in [4.78, 5) is 38.6. The van der Waals surface area contributed by atoms with E-state index in [4.69, 9.17) is 0 Å². The Morgan fingerprint density at radius 1 is 0.920 bits per heavy atom. The number of carbonyl (C=O) groups is 3. The summed E-state index contributed by atoms with van der Waals surface area (Å²) >= 11 is 0. The van der Waals surface area contributed by atoms with E-state index in [9.17, 15) is 14.4 Å². The van der Waals surface area contributed by atoms with Gasteiger partial charge in [0.2, 0.25) is 0 Å². The lowest BCUT2D eigenvalue weighted by Crippen LogP contribution is -2.37. The van der Waals surface area contributed by atoms with E-state index in [1.807, 2.05) is 30.3 Å². The molecule has 3 atom stereocenters. The highest BCUT2D eigenvalue weighted by Gasteiger charge is 2.64. The minimum atomic E-state index is -1.20. The van der Waals surface area contributed by atoms with Crippen LogP contribution in [0.3, 0.4) is 0 Å². The van der Waals surface area contributed by atoms with Gasteiger partial charge in [-0.25, -0.2) is 0 Å². The van der Waals surface area contributed by atoms with E-state index in [0.29, 0.717) is 17.5 Å². The van der Waals surface area contributed by atoms with E-state index in [1.54, 1.807) is 30.3 Å². The van der Waals surface area contributed by atoms with Crippen molar-refractivity contribution >= 4 is 17.9 Å². The zero-order chi connectivity index (χ0) is 17.6. The first kappa shape index (κ1) is 15.7. The lowest BCUT2D eigenvalue weighted by atomic mass is 9.68. The fourth-order valence-electron chi connectivity index (χ4n) is 4.73. The molecular formula is C22H18O3. The molecule has 124 valence electrons. The molecule has 0 aliphatic heterocycles. The molecule has 3 heteroatoms. The van der Waals surface area contributed by atoms with Crippen LogP contribution in [0.15, 0.2) is 67.3 Å². The Hall–Kier alpha value is -2.81. The summed E-state index contributed by atoms with van der Waals surface area (Å²) in [5.41, 5.74) is 0.610. The van der Waals surface area contributed by atoms with Gasteiger partial charge in [-0.15, -0.1) is 6.58 Å². The summed E-state index contributed by atoms with van der Waals surface area (Å²) in [6.07, 6.45) is 2.95. The molecule has 4 rings (SSSR count). The quantitative estimate of drug-likeness (QED) is 0.488. The third-order valence-electron chi connectivity index (χ3n) is 5.81. The van der Waals surface area contributed by atoms with Crippen LogP contribution < -0.4 is 0 Å². The molecule has 0 heterocycles. The van der Waals surface area contributed by atoms with Gasteiger partial charge in [-0.05, 0) is 17.9 Å². The molecule has 0 unspecified atom stereocenters. The van der Waals surface area contributed by atoms with Crippen molar-refractivity contribution in [3.8, 4) is 0 Å². The molecule has 0 aromatic heterocycles. The van der Waals surface area contributed by atoms with Crippen molar-refractivity contribution in [1.29, 1.82) is 0 Å². The van der Waals surface area contributed by atoms with Gasteiger partial charge in [0.1, 0.15) is 11.7 Å². The standard InChI is InChI=1S/C22H18O3/c1-2-14-12-22(19(18(14)13-23)15-8-4-3-5-9-15)20(24)16-10-6-7-11-17(16)21(22)25/h2-11,13-14,18-19H,1,12H2/t14-,18-,19+/m0/s1. The maximum absolute atomic E-state index is 13.4. The maximum Gasteiger partial charge on any atom is 0.178 e. The molecule has 1 spiro atoms. The lowest BCUT2D eigenvalue weighted by Gasteiger charge is -2.30. The monoisotopic (exact) mass is 330 g/mol. The number of allylic oxidation sites excluding steroid dienone is 1. The molecule has 0 amide bonds. The van der Waals surface area contributed by atoms with Crippen LogP contribution >= 0.6 is 0 Å². The van der Waals surface area contributed by atoms with Gasteiger partial charge in [0, 0.05) is 23.0 Å². The predicted molar refractivity (Wildman–Crippen MR) is 94.6 cm³/mol. The van der Waals surface area contributed by atoms with Crippen LogP contribution in [0.4, 0.5) is 0 Å². The Balaban J connectivity index is 1.96. The molecule has 0 radical (unpaired) electrons. The van der Waals surface area contributed by atoms with E-state index < -0.39 is 17.3 Å². The topological polar surface area (TPSA) is 51.2 Å². The zero-order valence-corrected chi connectivity index (χ0v) is 13.7. The average molecular weight is 330 g/mol. The number of hydrogen-bond donors (Lipinski definition) is 0. The second-order valence-electron chi connectivity index (χ2n) is 6.88.